The molecule has 8 heteroatoms. The molecule has 1 saturated heterocycles. The van der Waals surface area contributed by atoms with Crippen molar-refractivity contribution in [3.8, 4) is 0 Å². The molecule has 21 heavy (non-hydrogen) atoms. The number of guanidine groups is 1. The summed E-state index contributed by atoms with van der Waals surface area (Å²) in [6.45, 7) is 2.04. The summed E-state index contributed by atoms with van der Waals surface area (Å²) in [6, 6.07) is 0. The summed E-state index contributed by atoms with van der Waals surface area (Å²) in [5, 5.41) is 5.82. The number of nitrogens with zero attached hydrogens (tertiary/aromatic N) is 3. The van der Waals surface area contributed by atoms with Gasteiger partial charge in [0.05, 0.1) is 13.1 Å². The van der Waals surface area contributed by atoms with Crippen LogP contribution in [0.4, 0.5) is 0 Å². The van der Waals surface area contributed by atoms with Crippen molar-refractivity contribution in [3.05, 3.63) is 0 Å². The van der Waals surface area contributed by atoms with Gasteiger partial charge < -0.3 is 20.4 Å². The predicted molar refractivity (Wildman–Crippen MR) is 93.9 cm³/mol. The standard InChI is InChI=1S/C13H25N5O2.HI/c1-14-13(15-9-11(19)17(2)3)16-10-12(20)18-7-5-4-6-8-18;/h4-10H2,1-3H3,(H2,14,15,16);1H. The zero-order chi connectivity index (χ0) is 15.0. The van der Waals surface area contributed by atoms with E-state index in [1.165, 1.54) is 11.3 Å². The van der Waals surface area contributed by atoms with Gasteiger partial charge >= 0.3 is 0 Å². The average molecular weight is 411 g/mol. The highest BCUT2D eigenvalue weighted by Crippen LogP contribution is 2.07. The van der Waals surface area contributed by atoms with Gasteiger partial charge in [-0.25, -0.2) is 0 Å². The van der Waals surface area contributed by atoms with Crippen LogP contribution in [0.1, 0.15) is 19.3 Å². The molecule has 7 nitrogen and oxygen atoms in total. The van der Waals surface area contributed by atoms with Crippen LogP contribution in [0.25, 0.3) is 0 Å². The van der Waals surface area contributed by atoms with Crippen molar-refractivity contribution < 1.29 is 9.59 Å². The van der Waals surface area contributed by atoms with Gasteiger partial charge in [0.2, 0.25) is 11.8 Å². The molecule has 0 radical (unpaired) electrons. The van der Waals surface area contributed by atoms with Crippen LogP contribution in [0.2, 0.25) is 0 Å². The monoisotopic (exact) mass is 411 g/mol. The molecule has 1 fully saturated rings. The Labute approximate surface area is 143 Å². The van der Waals surface area contributed by atoms with E-state index in [0.29, 0.717) is 5.96 Å². The van der Waals surface area contributed by atoms with E-state index in [1.807, 2.05) is 4.90 Å². The fourth-order valence-electron chi connectivity index (χ4n) is 1.95. The normalized spacial score (nSPS) is 15.0. The third-order valence-corrected chi connectivity index (χ3v) is 3.25. The molecule has 0 atom stereocenters. The molecule has 0 bridgehead atoms. The Morgan fingerprint density at radius 2 is 1.67 bits per heavy atom. The van der Waals surface area contributed by atoms with Crippen molar-refractivity contribution in [2.45, 2.75) is 19.3 Å². The minimum atomic E-state index is -0.0460. The lowest BCUT2D eigenvalue weighted by molar-refractivity contribution is -0.130. The van der Waals surface area contributed by atoms with E-state index in [-0.39, 0.29) is 48.9 Å². The predicted octanol–water partition coefficient (Wildman–Crippen LogP) is -0.130. The van der Waals surface area contributed by atoms with Gasteiger partial charge in [-0.2, -0.15) is 0 Å². The Bertz CT molecular complexity index is 368. The van der Waals surface area contributed by atoms with Gasteiger partial charge in [0.15, 0.2) is 5.96 Å². The van der Waals surface area contributed by atoms with Gasteiger partial charge in [0.25, 0.3) is 0 Å². The largest absolute Gasteiger partial charge is 0.347 e. The molecule has 0 unspecified atom stereocenters. The van der Waals surface area contributed by atoms with Crippen LogP contribution < -0.4 is 10.6 Å². The number of nitrogens with one attached hydrogen (secondary N) is 2. The van der Waals surface area contributed by atoms with Crippen molar-refractivity contribution >= 4 is 41.8 Å². The minimum absolute atomic E-state index is 0. The number of carbonyl (C=O) groups is 2. The second-order valence-corrected chi connectivity index (χ2v) is 5.01. The number of likely N-dealkylation sites (N-methyl/N-ethyl adjacent to an activating group) is 1. The van der Waals surface area contributed by atoms with E-state index < -0.39 is 0 Å². The molecule has 1 aliphatic heterocycles. The van der Waals surface area contributed by atoms with E-state index >= 15 is 0 Å². The maximum Gasteiger partial charge on any atom is 0.241 e. The fraction of sp³-hybridized carbons (Fsp3) is 0.769. The van der Waals surface area contributed by atoms with Crippen LogP contribution in [0.5, 0.6) is 0 Å². The maximum atomic E-state index is 12.0. The third kappa shape index (κ3) is 7.49. The Balaban J connectivity index is 0.00000400. The van der Waals surface area contributed by atoms with Crippen molar-refractivity contribution in [3.63, 3.8) is 0 Å². The van der Waals surface area contributed by atoms with Crippen LogP contribution >= 0.6 is 24.0 Å². The number of piperidine rings is 1. The lowest BCUT2D eigenvalue weighted by atomic mass is 10.1. The number of carbonyl (C=O) groups excluding carboxylic acids is 2. The van der Waals surface area contributed by atoms with E-state index in [1.54, 1.807) is 21.1 Å². The van der Waals surface area contributed by atoms with Gasteiger partial charge in [-0.15, -0.1) is 24.0 Å². The Kier molecular flexibility index (Phi) is 10.1. The number of likely N-dealkylation sites (tertiary alicyclic amines) is 1. The third-order valence-electron chi connectivity index (χ3n) is 3.25. The first-order chi connectivity index (χ1) is 9.54. The topological polar surface area (TPSA) is 77.0 Å². The van der Waals surface area contributed by atoms with Gasteiger partial charge in [0.1, 0.15) is 0 Å². The lowest BCUT2D eigenvalue weighted by Gasteiger charge is -2.27. The molecule has 0 aliphatic carbocycles. The molecule has 0 aromatic heterocycles. The van der Waals surface area contributed by atoms with Gasteiger partial charge in [0, 0.05) is 34.2 Å². The highest BCUT2D eigenvalue weighted by molar-refractivity contribution is 14.0. The van der Waals surface area contributed by atoms with Crippen LogP contribution in [0.3, 0.4) is 0 Å². The van der Waals surface area contributed by atoms with Crippen LogP contribution in [-0.4, -0.2) is 74.9 Å². The molecule has 0 aromatic carbocycles. The summed E-state index contributed by atoms with van der Waals surface area (Å²) in [5.41, 5.74) is 0. The van der Waals surface area contributed by atoms with E-state index in [9.17, 15) is 9.59 Å². The highest BCUT2D eigenvalue weighted by Gasteiger charge is 2.16. The number of hydrogen-bond acceptors (Lipinski definition) is 3. The molecule has 1 heterocycles. The summed E-state index contributed by atoms with van der Waals surface area (Å²) < 4.78 is 0. The van der Waals surface area contributed by atoms with Gasteiger partial charge in [-0.3, -0.25) is 14.6 Å². The van der Waals surface area contributed by atoms with Crippen LogP contribution in [0.15, 0.2) is 4.99 Å². The van der Waals surface area contributed by atoms with Crippen LogP contribution in [0, 0.1) is 0 Å². The van der Waals surface area contributed by atoms with E-state index in [2.05, 4.69) is 15.6 Å². The number of rotatable bonds is 4. The van der Waals surface area contributed by atoms with Crippen LogP contribution in [-0.2, 0) is 9.59 Å². The number of amides is 2. The zero-order valence-corrected chi connectivity index (χ0v) is 15.3. The molecule has 122 valence electrons. The summed E-state index contributed by atoms with van der Waals surface area (Å²) in [5.74, 6) is 0.493. The molecule has 2 N–H and O–H groups in total. The molecule has 2 amide bonds. The molecule has 0 spiro atoms. The first-order valence-corrected chi connectivity index (χ1v) is 6.97. The molecular formula is C13H26IN5O2. The summed E-state index contributed by atoms with van der Waals surface area (Å²) in [6.07, 6.45) is 3.36. The van der Waals surface area contributed by atoms with Gasteiger partial charge in [-0.05, 0) is 19.3 Å². The summed E-state index contributed by atoms with van der Waals surface area (Å²) in [4.78, 5) is 30.8. The summed E-state index contributed by atoms with van der Waals surface area (Å²) >= 11 is 0. The van der Waals surface area contributed by atoms with Gasteiger partial charge in [-0.1, -0.05) is 0 Å². The van der Waals surface area contributed by atoms with Crippen molar-refractivity contribution in [1.29, 1.82) is 0 Å². The van der Waals surface area contributed by atoms with E-state index in [4.69, 9.17) is 0 Å². The number of halogens is 1. The second kappa shape index (κ2) is 10.6. The quantitative estimate of drug-likeness (QED) is 0.384. The molecule has 1 rings (SSSR count). The van der Waals surface area contributed by atoms with Crippen molar-refractivity contribution in [1.82, 2.24) is 20.4 Å². The number of aliphatic imine (C=N–C) groups is 1. The van der Waals surface area contributed by atoms with Crippen molar-refractivity contribution in [2.75, 3.05) is 47.3 Å². The van der Waals surface area contributed by atoms with E-state index in [0.717, 1.165) is 25.9 Å². The average Bonchev–Trinajstić information content (AvgIpc) is 2.47. The minimum Gasteiger partial charge on any atom is -0.347 e. The highest BCUT2D eigenvalue weighted by atomic mass is 127. The maximum absolute atomic E-state index is 12.0. The molecule has 0 aromatic rings. The first-order valence-electron chi connectivity index (χ1n) is 6.97. The summed E-state index contributed by atoms with van der Waals surface area (Å²) in [7, 11) is 5.00. The zero-order valence-electron chi connectivity index (χ0n) is 13.0. The number of hydrogen-bond donors (Lipinski definition) is 2. The molecular weight excluding hydrogens is 385 g/mol. The lowest BCUT2D eigenvalue weighted by Crippen LogP contribution is -2.47. The Morgan fingerprint density at radius 1 is 1.10 bits per heavy atom. The molecule has 1 aliphatic rings. The Hall–Kier alpha value is -1.06. The van der Waals surface area contributed by atoms with Crippen molar-refractivity contribution in [2.24, 2.45) is 4.99 Å². The Morgan fingerprint density at radius 3 is 2.19 bits per heavy atom. The SMILES string of the molecule is CN=C(NCC(=O)N(C)C)NCC(=O)N1CCCCC1.I. The smallest absolute Gasteiger partial charge is 0.241 e. The fourth-order valence-corrected chi connectivity index (χ4v) is 1.95. The molecule has 0 saturated carbocycles. The first kappa shape index (κ1) is 19.9. The second-order valence-electron chi connectivity index (χ2n) is 5.01.